The standard InChI is InChI=1S/C24H27F3N6O2/c1-12(34)33-7-3-6-15(11-33)30-23-29-10-18(24(25,26)27)22(32-23)31-20-14-8-16(13-4-2-5-13)17(9-14)19(20)21(28)35/h2,4-5,8,10,14-15,17,19-20H,3,6-7,9,11H2,1H3,(H2,28,35)(H2,29,30,31,32)/t14-,15+,17-,19-,20+/m1/s1. The van der Waals surface area contributed by atoms with E-state index in [-0.39, 0.29) is 35.6 Å². The molecule has 0 aromatic carbocycles. The lowest BCUT2D eigenvalue weighted by Crippen LogP contribution is -2.44. The molecule has 5 atom stereocenters. The number of nitrogens with two attached hydrogens (primary N) is 1. The van der Waals surface area contributed by atoms with Crippen LogP contribution in [0.3, 0.4) is 0 Å². The first kappa shape index (κ1) is 23.4. The van der Waals surface area contributed by atoms with E-state index in [1.54, 1.807) is 4.90 Å². The van der Waals surface area contributed by atoms with Crippen molar-refractivity contribution < 1.29 is 22.8 Å². The van der Waals surface area contributed by atoms with Crippen LogP contribution in [0.1, 0.15) is 31.7 Å². The van der Waals surface area contributed by atoms with Crippen molar-refractivity contribution in [1.29, 1.82) is 0 Å². The molecule has 0 unspecified atom stereocenters. The number of fused-ring (bicyclic) bond motifs is 2. The fourth-order valence-corrected chi connectivity index (χ4v) is 5.71. The molecule has 3 aliphatic carbocycles. The normalized spacial score (nSPS) is 29.4. The molecule has 2 fully saturated rings. The van der Waals surface area contributed by atoms with E-state index in [1.165, 1.54) is 6.92 Å². The molecule has 0 spiro atoms. The zero-order valence-corrected chi connectivity index (χ0v) is 19.2. The van der Waals surface area contributed by atoms with Crippen LogP contribution in [0.2, 0.25) is 0 Å². The SMILES string of the molecule is CC(=O)N1CCC[C@H](Nc2ncc(C(F)(F)F)c(N[C@@H]3[C@H](C(N)=O)[C@@H]4C[C@H]3C=C4C3=CC=C3)n2)C1. The zero-order chi connectivity index (χ0) is 24.9. The van der Waals surface area contributed by atoms with Gasteiger partial charge in [-0.1, -0.05) is 24.3 Å². The zero-order valence-electron chi connectivity index (χ0n) is 19.2. The number of halogens is 3. The summed E-state index contributed by atoms with van der Waals surface area (Å²) in [7, 11) is 0. The van der Waals surface area contributed by atoms with Crippen LogP contribution in [0.4, 0.5) is 24.9 Å². The summed E-state index contributed by atoms with van der Waals surface area (Å²) >= 11 is 0. The maximum Gasteiger partial charge on any atom is 0.421 e. The molecule has 35 heavy (non-hydrogen) atoms. The summed E-state index contributed by atoms with van der Waals surface area (Å²) in [5.74, 6) is -1.87. The van der Waals surface area contributed by atoms with Crippen LogP contribution in [-0.4, -0.2) is 51.9 Å². The van der Waals surface area contributed by atoms with Crippen LogP contribution in [0.25, 0.3) is 0 Å². The monoisotopic (exact) mass is 488 g/mol. The van der Waals surface area contributed by atoms with Gasteiger partial charge in [0.2, 0.25) is 17.8 Å². The number of hydrogen-bond donors (Lipinski definition) is 3. The van der Waals surface area contributed by atoms with Gasteiger partial charge in [0.25, 0.3) is 0 Å². The Morgan fingerprint density at radius 2 is 2.03 bits per heavy atom. The lowest BCUT2D eigenvalue weighted by atomic mass is 9.79. The molecule has 5 rings (SSSR count). The minimum absolute atomic E-state index is 0.0377. The third-order valence-corrected chi connectivity index (χ3v) is 7.41. The van der Waals surface area contributed by atoms with E-state index in [9.17, 15) is 22.8 Å². The van der Waals surface area contributed by atoms with Crippen molar-refractivity contribution in [1.82, 2.24) is 14.9 Å². The van der Waals surface area contributed by atoms with Gasteiger partial charge in [0, 0.05) is 38.3 Å². The Bertz CT molecular complexity index is 1140. The quantitative estimate of drug-likeness (QED) is 0.568. The Kier molecular flexibility index (Phi) is 5.80. The van der Waals surface area contributed by atoms with E-state index in [0.717, 1.165) is 30.2 Å². The fraction of sp³-hybridized carbons (Fsp3) is 0.500. The number of carbonyl (C=O) groups is 2. The Hall–Kier alpha value is -3.37. The van der Waals surface area contributed by atoms with Gasteiger partial charge in [-0.3, -0.25) is 9.59 Å². The van der Waals surface area contributed by atoms with Gasteiger partial charge in [-0.15, -0.1) is 0 Å². The molecule has 4 N–H and O–H groups in total. The summed E-state index contributed by atoms with van der Waals surface area (Å²) in [5, 5.41) is 5.99. The number of allylic oxidation sites excluding steroid dienone is 5. The lowest BCUT2D eigenvalue weighted by molar-refractivity contribution is -0.137. The van der Waals surface area contributed by atoms with E-state index in [1.807, 2.05) is 24.3 Å². The minimum Gasteiger partial charge on any atom is -0.369 e. The Labute approximate surface area is 200 Å². The van der Waals surface area contributed by atoms with Gasteiger partial charge in [0.05, 0.1) is 5.92 Å². The molecule has 2 heterocycles. The summed E-state index contributed by atoms with van der Waals surface area (Å²) in [4.78, 5) is 33.9. The fourth-order valence-electron chi connectivity index (χ4n) is 5.71. The van der Waals surface area contributed by atoms with Crippen molar-refractivity contribution in [3.63, 3.8) is 0 Å². The second-order valence-electron chi connectivity index (χ2n) is 9.61. The van der Waals surface area contributed by atoms with Gasteiger partial charge < -0.3 is 21.3 Å². The molecular weight excluding hydrogens is 461 g/mol. The predicted octanol–water partition coefficient (Wildman–Crippen LogP) is 2.87. The minimum atomic E-state index is -4.68. The molecular formula is C24H27F3N6O2. The van der Waals surface area contributed by atoms with Gasteiger partial charge in [-0.05, 0) is 42.2 Å². The first-order valence-electron chi connectivity index (χ1n) is 11.7. The van der Waals surface area contributed by atoms with Crippen LogP contribution in [0.5, 0.6) is 0 Å². The largest absolute Gasteiger partial charge is 0.421 e. The molecule has 11 heteroatoms. The predicted molar refractivity (Wildman–Crippen MR) is 123 cm³/mol. The van der Waals surface area contributed by atoms with Crippen molar-refractivity contribution in [2.24, 2.45) is 23.5 Å². The highest BCUT2D eigenvalue weighted by molar-refractivity contribution is 5.81. The van der Waals surface area contributed by atoms with E-state index in [4.69, 9.17) is 5.73 Å². The molecule has 1 aromatic heterocycles. The van der Waals surface area contributed by atoms with Crippen molar-refractivity contribution in [2.75, 3.05) is 23.7 Å². The van der Waals surface area contributed by atoms with Crippen molar-refractivity contribution in [3.05, 3.63) is 47.2 Å². The number of nitrogens with zero attached hydrogens (tertiary/aromatic N) is 3. The van der Waals surface area contributed by atoms with E-state index < -0.39 is 29.6 Å². The average Bonchev–Trinajstić information content (AvgIpc) is 3.30. The van der Waals surface area contributed by atoms with Crippen LogP contribution >= 0.6 is 0 Å². The number of likely N-dealkylation sites (tertiary alicyclic amines) is 1. The number of aromatic nitrogens is 2. The van der Waals surface area contributed by atoms with Crippen LogP contribution < -0.4 is 16.4 Å². The maximum absolute atomic E-state index is 13.8. The molecule has 1 aromatic rings. The van der Waals surface area contributed by atoms with Crippen LogP contribution in [-0.2, 0) is 15.8 Å². The number of rotatable bonds is 6. The van der Waals surface area contributed by atoms with Crippen molar-refractivity contribution >= 4 is 23.6 Å². The van der Waals surface area contributed by atoms with Crippen LogP contribution in [0, 0.1) is 17.8 Å². The molecule has 186 valence electrons. The van der Waals surface area contributed by atoms with Gasteiger partial charge in [-0.25, -0.2) is 4.98 Å². The number of primary amides is 1. The Morgan fingerprint density at radius 1 is 1.26 bits per heavy atom. The van der Waals surface area contributed by atoms with Crippen molar-refractivity contribution in [2.45, 2.75) is 44.4 Å². The van der Waals surface area contributed by atoms with E-state index >= 15 is 0 Å². The molecule has 2 bridgehead atoms. The summed E-state index contributed by atoms with van der Waals surface area (Å²) in [6.45, 7) is 2.56. The number of hydrogen-bond acceptors (Lipinski definition) is 6. The molecule has 4 aliphatic rings. The number of carbonyl (C=O) groups excluding carboxylic acids is 2. The van der Waals surface area contributed by atoms with Gasteiger partial charge in [-0.2, -0.15) is 18.2 Å². The van der Waals surface area contributed by atoms with E-state index in [0.29, 0.717) is 19.5 Å². The third kappa shape index (κ3) is 4.39. The second-order valence-corrected chi connectivity index (χ2v) is 9.61. The van der Waals surface area contributed by atoms with E-state index in [2.05, 4.69) is 20.6 Å². The highest BCUT2D eigenvalue weighted by atomic mass is 19.4. The summed E-state index contributed by atoms with van der Waals surface area (Å²) in [6, 6.07) is -0.773. The molecule has 2 amide bonds. The molecule has 1 saturated heterocycles. The Morgan fingerprint density at radius 3 is 2.66 bits per heavy atom. The summed E-state index contributed by atoms with van der Waals surface area (Å²) in [5.41, 5.74) is 6.79. The number of alkyl halides is 3. The summed E-state index contributed by atoms with van der Waals surface area (Å²) in [6.07, 6.45) is 6.07. The highest BCUT2D eigenvalue weighted by Gasteiger charge is 2.52. The topological polar surface area (TPSA) is 113 Å². The average molecular weight is 489 g/mol. The second kappa shape index (κ2) is 8.69. The van der Waals surface area contributed by atoms with Gasteiger partial charge in [0.1, 0.15) is 11.4 Å². The highest BCUT2D eigenvalue weighted by Crippen LogP contribution is 2.52. The first-order chi connectivity index (χ1) is 16.6. The number of piperidine rings is 1. The lowest BCUT2D eigenvalue weighted by Gasteiger charge is -2.33. The maximum atomic E-state index is 13.8. The number of nitrogens with one attached hydrogen (secondary N) is 2. The summed E-state index contributed by atoms with van der Waals surface area (Å²) < 4.78 is 41.4. The van der Waals surface area contributed by atoms with Gasteiger partial charge >= 0.3 is 6.18 Å². The number of amides is 2. The van der Waals surface area contributed by atoms with Crippen LogP contribution in [0.15, 0.2) is 41.6 Å². The molecule has 1 aliphatic heterocycles. The smallest absolute Gasteiger partial charge is 0.369 e. The third-order valence-electron chi connectivity index (χ3n) is 7.41. The Balaban J connectivity index is 1.41. The molecule has 0 radical (unpaired) electrons. The first-order valence-corrected chi connectivity index (χ1v) is 11.7. The molecule has 1 saturated carbocycles. The van der Waals surface area contributed by atoms with Crippen molar-refractivity contribution in [3.8, 4) is 0 Å². The van der Waals surface area contributed by atoms with Gasteiger partial charge in [0.15, 0.2) is 0 Å². The molecule has 8 nitrogen and oxygen atoms in total. The number of anilines is 2.